The highest BCUT2D eigenvalue weighted by Gasteiger charge is 2.21. The molecule has 88 valence electrons. The molecular formula is C13H19FN2. The smallest absolute Gasteiger partial charge is 0.0912 e. The molecule has 1 saturated heterocycles. The lowest BCUT2D eigenvalue weighted by Gasteiger charge is -2.34. The molecule has 1 aromatic rings. The van der Waals surface area contributed by atoms with E-state index in [1.54, 1.807) is 0 Å². The Balaban J connectivity index is 2.09. The van der Waals surface area contributed by atoms with Crippen LogP contribution in [0.25, 0.3) is 0 Å². The van der Waals surface area contributed by atoms with E-state index in [-0.39, 0.29) is 12.7 Å². The molecule has 0 amide bonds. The first-order valence-electron chi connectivity index (χ1n) is 5.97. The second-order valence-corrected chi connectivity index (χ2v) is 4.19. The number of hydrogen-bond donors (Lipinski definition) is 1. The van der Waals surface area contributed by atoms with Gasteiger partial charge in [0.2, 0.25) is 0 Å². The predicted octanol–water partition coefficient (Wildman–Crippen LogP) is 1.99. The SMILES string of the molecule is FCC[C@H](c1ccccc1)N1CCNCC1. The lowest BCUT2D eigenvalue weighted by atomic mass is 10.0. The fourth-order valence-corrected chi connectivity index (χ4v) is 2.33. The van der Waals surface area contributed by atoms with E-state index >= 15 is 0 Å². The van der Waals surface area contributed by atoms with Crippen molar-refractivity contribution in [1.82, 2.24) is 10.2 Å². The standard InChI is InChI=1S/C13H19FN2/c14-7-6-13(12-4-2-1-3-5-12)16-10-8-15-9-11-16/h1-5,13,15H,6-11H2/t13-/m1/s1. The fourth-order valence-electron chi connectivity index (χ4n) is 2.33. The van der Waals surface area contributed by atoms with Crippen LogP contribution in [-0.4, -0.2) is 37.8 Å². The van der Waals surface area contributed by atoms with E-state index in [4.69, 9.17) is 0 Å². The van der Waals surface area contributed by atoms with Gasteiger partial charge in [0.25, 0.3) is 0 Å². The number of hydrogen-bond acceptors (Lipinski definition) is 2. The van der Waals surface area contributed by atoms with E-state index < -0.39 is 0 Å². The minimum Gasteiger partial charge on any atom is -0.314 e. The lowest BCUT2D eigenvalue weighted by Crippen LogP contribution is -2.45. The van der Waals surface area contributed by atoms with Gasteiger partial charge in [0.15, 0.2) is 0 Å². The van der Waals surface area contributed by atoms with Crippen molar-refractivity contribution >= 4 is 0 Å². The van der Waals surface area contributed by atoms with E-state index in [1.165, 1.54) is 5.56 Å². The van der Waals surface area contributed by atoms with Crippen molar-refractivity contribution in [2.24, 2.45) is 0 Å². The number of benzene rings is 1. The quantitative estimate of drug-likeness (QED) is 0.838. The number of rotatable bonds is 4. The molecular weight excluding hydrogens is 203 g/mol. The Morgan fingerprint density at radius 1 is 1.19 bits per heavy atom. The number of piperazine rings is 1. The van der Waals surface area contributed by atoms with Gasteiger partial charge in [-0.3, -0.25) is 9.29 Å². The number of nitrogens with one attached hydrogen (secondary N) is 1. The van der Waals surface area contributed by atoms with Crippen molar-refractivity contribution in [3.05, 3.63) is 35.9 Å². The van der Waals surface area contributed by atoms with Crippen LogP contribution in [0.4, 0.5) is 4.39 Å². The van der Waals surface area contributed by atoms with Gasteiger partial charge < -0.3 is 5.32 Å². The Bertz CT molecular complexity index is 296. The fraction of sp³-hybridized carbons (Fsp3) is 0.538. The monoisotopic (exact) mass is 222 g/mol. The molecule has 0 radical (unpaired) electrons. The maximum Gasteiger partial charge on any atom is 0.0912 e. The van der Waals surface area contributed by atoms with Gasteiger partial charge in [-0.2, -0.15) is 0 Å². The van der Waals surface area contributed by atoms with E-state index in [0.29, 0.717) is 6.42 Å². The number of alkyl halides is 1. The number of nitrogens with zero attached hydrogens (tertiary/aromatic N) is 1. The molecule has 1 aliphatic rings. The molecule has 3 heteroatoms. The van der Waals surface area contributed by atoms with Crippen molar-refractivity contribution in [2.45, 2.75) is 12.5 Å². The van der Waals surface area contributed by atoms with Gasteiger partial charge in [0.05, 0.1) is 6.67 Å². The zero-order chi connectivity index (χ0) is 11.2. The average Bonchev–Trinajstić information content (AvgIpc) is 2.38. The first kappa shape index (κ1) is 11.6. The molecule has 0 aliphatic carbocycles. The van der Waals surface area contributed by atoms with E-state index in [2.05, 4.69) is 22.3 Å². The third-order valence-electron chi connectivity index (χ3n) is 3.16. The van der Waals surface area contributed by atoms with Crippen molar-refractivity contribution in [3.63, 3.8) is 0 Å². The predicted molar refractivity (Wildman–Crippen MR) is 64.2 cm³/mol. The average molecular weight is 222 g/mol. The largest absolute Gasteiger partial charge is 0.314 e. The van der Waals surface area contributed by atoms with E-state index in [1.807, 2.05) is 18.2 Å². The maximum atomic E-state index is 12.6. The lowest BCUT2D eigenvalue weighted by molar-refractivity contribution is 0.157. The molecule has 1 aliphatic heterocycles. The van der Waals surface area contributed by atoms with Gasteiger partial charge in [0.1, 0.15) is 0 Å². The summed E-state index contributed by atoms with van der Waals surface area (Å²) >= 11 is 0. The molecule has 16 heavy (non-hydrogen) atoms. The minimum absolute atomic E-state index is 0.244. The third-order valence-corrected chi connectivity index (χ3v) is 3.16. The summed E-state index contributed by atoms with van der Waals surface area (Å²) in [6, 6.07) is 10.5. The van der Waals surface area contributed by atoms with Gasteiger partial charge in [-0.05, 0) is 12.0 Å². The summed E-state index contributed by atoms with van der Waals surface area (Å²) in [4.78, 5) is 2.38. The molecule has 2 rings (SSSR count). The second kappa shape index (κ2) is 5.97. The summed E-state index contributed by atoms with van der Waals surface area (Å²) < 4.78 is 12.6. The van der Waals surface area contributed by atoms with Crippen LogP contribution in [0.2, 0.25) is 0 Å². The van der Waals surface area contributed by atoms with Gasteiger partial charge in [-0.25, -0.2) is 0 Å². The summed E-state index contributed by atoms with van der Waals surface area (Å²) in [5.41, 5.74) is 1.24. The molecule has 1 heterocycles. The van der Waals surface area contributed by atoms with Crippen molar-refractivity contribution in [3.8, 4) is 0 Å². The molecule has 1 fully saturated rings. The molecule has 0 saturated carbocycles. The first-order valence-corrected chi connectivity index (χ1v) is 5.97. The van der Waals surface area contributed by atoms with Crippen molar-refractivity contribution in [2.75, 3.05) is 32.9 Å². The van der Waals surface area contributed by atoms with Crippen LogP contribution in [0.5, 0.6) is 0 Å². The Morgan fingerprint density at radius 2 is 1.88 bits per heavy atom. The van der Waals surface area contributed by atoms with Crippen LogP contribution in [0.1, 0.15) is 18.0 Å². The molecule has 0 bridgehead atoms. The minimum atomic E-state index is -0.247. The highest BCUT2D eigenvalue weighted by atomic mass is 19.1. The molecule has 0 unspecified atom stereocenters. The molecule has 0 spiro atoms. The Labute approximate surface area is 96.5 Å². The Kier molecular flexibility index (Phi) is 4.31. The Hall–Kier alpha value is -0.930. The van der Waals surface area contributed by atoms with Crippen LogP contribution in [0.3, 0.4) is 0 Å². The highest BCUT2D eigenvalue weighted by Crippen LogP contribution is 2.24. The van der Waals surface area contributed by atoms with Crippen molar-refractivity contribution in [1.29, 1.82) is 0 Å². The van der Waals surface area contributed by atoms with Gasteiger partial charge in [-0.1, -0.05) is 30.3 Å². The maximum absolute atomic E-state index is 12.6. The molecule has 2 nitrogen and oxygen atoms in total. The van der Waals surface area contributed by atoms with E-state index in [9.17, 15) is 4.39 Å². The van der Waals surface area contributed by atoms with E-state index in [0.717, 1.165) is 26.2 Å². The summed E-state index contributed by atoms with van der Waals surface area (Å²) in [6.45, 7) is 3.80. The van der Waals surface area contributed by atoms with Crippen LogP contribution in [0.15, 0.2) is 30.3 Å². The first-order chi connectivity index (χ1) is 7.92. The van der Waals surface area contributed by atoms with Crippen LogP contribution in [-0.2, 0) is 0 Å². The summed E-state index contributed by atoms with van der Waals surface area (Å²) in [5, 5.41) is 3.33. The summed E-state index contributed by atoms with van der Waals surface area (Å²) in [5.74, 6) is 0. The normalized spacial score (nSPS) is 19.6. The van der Waals surface area contributed by atoms with Crippen molar-refractivity contribution < 1.29 is 4.39 Å². The zero-order valence-electron chi connectivity index (χ0n) is 9.53. The van der Waals surface area contributed by atoms with Gasteiger partial charge >= 0.3 is 0 Å². The van der Waals surface area contributed by atoms with Crippen LogP contribution in [0, 0.1) is 0 Å². The van der Waals surface area contributed by atoms with Crippen LogP contribution < -0.4 is 5.32 Å². The molecule has 1 N–H and O–H groups in total. The highest BCUT2D eigenvalue weighted by molar-refractivity contribution is 5.19. The number of halogens is 1. The molecule has 1 aromatic carbocycles. The second-order valence-electron chi connectivity index (χ2n) is 4.19. The van der Waals surface area contributed by atoms with Gasteiger partial charge in [-0.15, -0.1) is 0 Å². The summed E-state index contributed by atoms with van der Waals surface area (Å²) in [7, 11) is 0. The Morgan fingerprint density at radius 3 is 2.50 bits per heavy atom. The topological polar surface area (TPSA) is 15.3 Å². The molecule has 1 atom stereocenters. The molecule has 0 aromatic heterocycles. The third kappa shape index (κ3) is 2.80. The summed E-state index contributed by atoms with van der Waals surface area (Å²) in [6.07, 6.45) is 0.601. The van der Waals surface area contributed by atoms with Gasteiger partial charge in [0, 0.05) is 32.2 Å². The van der Waals surface area contributed by atoms with Crippen LogP contribution >= 0.6 is 0 Å². The zero-order valence-corrected chi connectivity index (χ0v) is 9.53.